The fraction of sp³-hybridized carbons (Fsp3) is 0.615. The Balaban J connectivity index is 2.03. The van der Waals surface area contributed by atoms with Crippen LogP contribution in [0.1, 0.15) is 50.3 Å². The number of hydrogen-bond donors (Lipinski definition) is 1. The molecule has 1 saturated carbocycles. The van der Waals surface area contributed by atoms with E-state index in [1.807, 2.05) is 20.0 Å². The van der Waals surface area contributed by atoms with Gasteiger partial charge in [0.15, 0.2) is 0 Å². The maximum Gasteiger partial charge on any atom is 0.0632 e. The van der Waals surface area contributed by atoms with E-state index < -0.39 is 5.60 Å². The molecule has 1 heterocycles. The summed E-state index contributed by atoms with van der Waals surface area (Å²) in [4.78, 5) is 4.47. The van der Waals surface area contributed by atoms with Crippen LogP contribution in [0.25, 0.3) is 0 Å². The van der Waals surface area contributed by atoms with E-state index in [2.05, 4.69) is 17.1 Å². The number of rotatable bonds is 3. The number of pyridine rings is 1. The van der Waals surface area contributed by atoms with Crippen LogP contribution < -0.4 is 0 Å². The zero-order valence-corrected chi connectivity index (χ0v) is 9.53. The van der Waals surface area contributed by atoms with Gasteiger partial charge in [-0.25, -0.2) is 0 Å². The van der Waals surface area contributed by atoms with Crippen molar-refractivity contribution >= 4 is 0 Å². The van der Waals surface area contributed by atoms with Crippen molar-refractivity contribution in [2.45, 2.75) is 51.0 Å². The molecule has 0 aliphatic heterocycles. The van der Waals surface area contributed by atoms with Crippen molar-refractivity contribution < 1.29 is 5.11 Å². The second-order valence-corrected chi connectivity index (χ2v) is 5.21. The van der Waals surface area contributed by atoms with Gasteiger partial charge in [-0.05, 0) is 38.3 Å². The summed E-state index contributed by atoms with van der Waals surface area (Å²) >= 11 is 0. The Morgan fingerprint density at radius 2 is 2.13 bits per heavy atom. The van der Waals surface area contributed by atoms with Gasteiger partial charge in [0.05, 0.1) is 5.60 Å². The van der Waals surface area contributed by atoms with Gasteiger partial charge in [0.1, 0.15) is 0 Å². The van der Waals surface area contributed by atoms with E-state index in [0.29, 0.717) is 12.3 Å². The fourth-order valence-electron chi connectivity index (χ4n) is 1.99. The third-order valence-electron chi connectivity index (χ3n) is 3.01. The van der Waals surface area contributed by atoms with Crippen molar-refractivity contribution in [3.05, 3.63) is 29.6 Å². The number of hydrogen-bond acceptors (Lipinski definition) is 2. The molecule has 0 atom stereocenters. The van der Waals surface area contributed by atoms with E-state index in [9.17, 15) is 5.11 Å². The first kappa shape index (κ1) is 10.6. The van der Waals surface area contributed by atoms with Gasteiger partial charge >= 0.3 is 0 Å². The molecule has 15 heavy (non-hydrogen) atoms. The standard InChI is InChI=1S/C13H19NO/c1-13(2,15)8-10-6-7-12(14-9-10)11-4-3-5-11/h6-7,9,11,15H,3-5,8H2,1-2H3. The van der Waals surface area contributed by atoms with E-state index in [0.717, 1.165) is 5.56 Å². The molecule has 1 aromatic rings. The summed E-state index contributed by atoms with van der Waals surface area (Å²) < 4.78 is 0. The number of aliphatic hydroxyl groups is 1. The van der Waals surface area contributed by atoms with Crippen LogP contribution in [0.2, 0.25) is 0 Å². The molecule has 2 nitrogen and oxygen atoms in total. The zero-order valence-electron chi connectivity index (χ0n) is 9.53. The van der Waals surface area contributed by atoms with Gasteiger partial charge in [-0.3, -0.25) is 4.98 Å². The molecule has 2 heteroatoms. The normalized spacial score (nSPS) is 17.5. The number of nitrogens with zero attached hydrogens (tertiary/aromatic N) is 1. The van der Waals surface area contributed by atoms with E-state index >= 15 is 0 Å². The lowest BCUT2D eigenvalue weighted by Gasteiger charge is -2.25. The van der Waals surface area contributed by atoms with Gasteiger partial charge in [-0.1, -0.05) is 12.5 Å². The monoisotopic (exact) mass is 205 g/mol. The molecule has 1 fully saturated rings. The Kier molecular flexibility index (Phi) is 2.79. The molecule has 1 aliphatic rings. The van der Waals surface area contributed by atoms with Crippen LogP contribution in [-0.4, -0.2) is 15.7 Å². The second kappa shape index (κ2) is 3.93. The van der Waals surface area contributed by atoms with Crippen LogP contribution in [0, 0.1) is 0 Å². The smallest absolute Gasteiger partial charge is 0.0632 e. The van der Waals surface area contributed by atoms with E-state index in [4.69, 9.17) is 0 Å². The highest BCUT2D eigenvalue weighted by Gasteiger charge is 2.20. The maximum absolute atomic E-state index is 9.68. The van der Waals surface area contributed by atoms with Crippen LogP contribution in [0.5, 0.6) is 0 Å². The Morgan fingerprint density at radius 3 is 2.53 bits per heavy atom. The Morgan fingerprint density at radius 1 is 1.40 bits per heavy atom. The average Bonchev–Trinajstić information content (AvgIpc) is 2.02. The summed E-state index contributed by atoms with van der Waals surface area (Å²) in [6, 6.07) is 4.21. The average molecular weight is 205 g/mol. The number of aromatic nitrogens is 1. The van der Waals surface area contributed by atoms with E-state index in [1.165, 1.54) is 25.0 Å². The van der Waals surface area contributed by atoms with Crippen LogP contribution in [0.3, 0.4) is 0 Å². The molecule has 0 bridgehead atoms. The molecule has 0 unspecified atom stereocenters. The first-order valence-corrected chi connectivity index (χ1v) is 5.72. The van der Waals surface area contributed by atoms with Crippen molar-refractivity contribution in [2.75, 3.05) is 0 Å². The van der Waals surface area contributed by atoms with Crippen molar-refractivity contribution in [1.29, 1.82) is 0 Å². The summed E-state index contributed by atoms with van der Waals surface area (Å²) in [7, 11) is 0. The molecule has 0 aromatic carbocycles. The van der Waals surface area contributed by atoms with Gasteiger partial charge in [0.2, 0.25) is 0 Å². The minimum Gasteiger partial charge on any atom is -0.390 e. The fourth-order valence-corrected chi connectivity index (χ4v) is 1.99. The highest BCUT2D eigenvalue weighted by atomic mass is 16.3. The lowest BCUT2D eigenvalue weighted by atomic mass is 9.82. The van der Waals surface area contributed by atoms with Gasteiger partial charge in [-0.2, -0.15) is 0 Å². The van der Waals surface area contributed by atoms with Gasteiger partial charge in [0, 0.05) is 24.2 Å². The maximum atomic E-state index is 9.68. The van der Waals surface area contributed by atoms with Crippen molar-refractivity contribution in [3.63, 3.8) is 0 Å². The molecule has 82 valence electrons. The third kappa shape index (κ3) is 2.78. The lowest BCUT2D eigenvalue weighted by molar-refractivity contribution is 0.0809. The van der Waals surface area contributed by atoms with Crippen LogP contribution in [0.4, 0.5) is 0 Å². The largest absolute Gasteiger partial charge is 0.390 e. The molecule has 0 spiro atoms. The molecular weight excluding hydrogens is 186 g/mol. The Labute approximate surface area is 91.4 Å². The molecule has 0 amide bonds. The molecule has 0 radical (unpaired) electrons. The minimum atomic E-state index is -0.639. The summed E-state index contributed by atoms with van der Waals surface area (Å²) in [5.74, 6) is 0.696. The first-order chi connectivity index (χ1) is 7.04. The minimum absolute atomic E-state index is 0.639. The van der Waals surface area contributed by atoms with Gasteiger partial charge in [-0.15, -0.1) is 0 Å². The highest BCUT2D eigenvalue weighted by molar-refractivity contribution is 5.19. The third-order valence-corrected chi connectivity index (χ3v) is 3.01. The topological polar surface area (TPSA) is 33.1 Å². The molecule has 1 aromatic heterocycles. The summed E-state index contributed by atoms with van der Waals surface area (Å²) in [5, 5.41) is 9.68. The highest BCUT2D eigenvalue weighted by Crippen LogP contribution is 2.35. The van der Waals surface area contributed by atoms with Crippen LogP contribution >= 0.6 is 0 Å². The predicted molar refractivity (Wildman–Crippen MR) is 60.8 cm³/mol. The summed E-state index contributed by atoms with van der Waals surface area (Å²) in [5.41, 5.74) is 1.70. The molecule has 1 N–H and O–H groups in total. The van der Waals surface area contributed by atoms with E-state index in [1.54, 1.807) is 0 Å². The Hall–Kier alpha value is -0.890. The predicted octanol–water partition coefficient (Wildman–Crippen LogP) is 2.66. The molecule has 2 rings (SSSR count). The van der Waals surface area contributed by atoms with Crippen LogP contribution in [-0.2, 0) is 6.42 Å². The molecule has 1 aliphatic carbocycles. The van der Waals surface area contributed by atoms with E-state index in [-0.39, 0.29) is 0 Å². The summed E-state index contributed by atoms with van der Waals surface area (Å²) in [6.45, 7) is 3.65. The van der Waals surface area contributed by atoms with Crippen molar-refractivity contribution in [3.8, 4) is 0 Å². The van der Waals surface area contributed by atoms with Gasteiger partial charge < -0.3 is 5.11 Å². The second-order valence-electron chi connectivity index (χ2n) is 5.21. The van der Waals surface area contributed by atoms with Gasteiger partial charge in [0.25, 0.3) is 0 Å². The zero-order chi connectivity index (χ0) is 10.9. The van der Waals surface area contributed by atoms with Crippen LogP contribution in [0.15, 0.2) is 18.3 Å². The van der Waals surface area contributed by atoms with Crippen molar-refractivity contribution in [2.24, 2.45) is 0 Å². The molecular formula is C13H19NO. The lowest BCUT2D eigenvalue weighted by Crippen LogP contribution is -2.22. The SMILES string of the molecule is CC(C)(O)Cc1ccc(C2CCC2)nc1. The quantitative estimate of drug-likeness (QED) is 0.823. The first-order valence-electron chi connectivity index (χ1n) is 5.72. The summed E-state index contributed by atoms with van der Waals surface area (Å²) in [6.07, 6.45) is 6.50. The molecule has 0 saturated heterocycles. The van der Waals surface area contributed by atoms with Crippen molar-refractivity contribution in [1.82, 2.24) is 4.98 Å². The Bertz CT molecular complexity index is 319.